The van der Waals surface area contributed by atoms with Gasteiger partial charge in [-0.1, -0.05) is 25.6 Å². The molecule has 2 heteroatoms. The molecular formula is C14H20ClN. The number of alkyl halides is 1. The Bertz CT molecular complexity index is 340. The molecule has 0 atom stereocenters. The highest BCUT2D eigenvalue weighted by atomic mass is 35.5. The topological polar surface area (TPSA) is 3.24 Å². The number of aryl methyl sites for hydroxylation is 1. The van der Waals surface area contributed by atoms with E-state index in [0.29, 0.717) is 11.9 Å². The van der Waals surface area contributed by atoms with Crippen molar-refractivity contribution in [3.63, 3.8) is 0 Å². The van der Waals surface area contributed by atoms with E-state index in [0.717, 1.165) is 17.8 Å². The van der Waals surface area contributed by atoms with E-state index >= 15 is 0 Å². The van der Waals surface area contributed by atoms with E-state index in [2.05, 4.69) is 56.5 Å². The molecule has 0 aliphatic carbocycles. The van der Waals surface area contributed by atoms with Crippen LogP contribution in [0.15, 0.2) is 36.5 Å². The minimum absolute atomic E-state index is 0.374. The molecule has 0 N–H and O–H groups in total. The van der Waals surface area contributed by atoms with Gasteiger partial charge >= 0.3 is 0 Å². The predicted octanol–water partition coefficient (Wildman–Crippen LogP) is 4.22. The summed E-state index contributed by atoms with van der Waals surface area (Å²) >= 11 is 5.86. The predicted molar refractivity (Wildman–Crippen MR) is 73.3 cm³/mol. The Hall–Kier alpha value is -0.950. The van der Waals surface area contributed by atoms with Crippen LogP contribution in [0.5, 0.6) is 0 Å². The first kappa shape index (κ1) is 13.1. The van der Waals surface area contributed by atoms with E-state index < -0.39 is 0 Å². The van der Waals surface area contributed by atoms with Gasteiger partial charge in [-0.15, -0.1) is 11.6 Å². The average molecular weight is 238 g/mol. The molecule has 16 heavy (non-hydrogen) atoms. The molecule has 0 radical (unpaired) electrons. The summed E-state index contributed by atoms with van der Waals surface area (Å²) in [6, 6.07) is 8.96. The van der Waals surface area contributed by atoms with E-state index in [9.17, 15) is 0 Å². The van der Waals surface area contributed by atoms with E-state index in [1.165, 1.54) is 5.56 Å². The normalized spacial score (nSPS) is 10.6. The number of benzene rings is 1. The Morgan fingerprint density at radius 1 is 1.31 bits per heavy atom. The summed E-state index contributed by atoms with van der Waals surface area (Å²) in [5, 5.41) is 0. The molecule has 0 saturated heterocycles. The third-order valence-electron chi connectivity index (χ3n) is 2.63. The molecule has 0 aromatic heterocycles. The van der Waals surface area contributed by atoms with E-state index in [4.69, 9.17) is 11.6 Å². The van der Waals surface area contributed by atoms with Crippen molar-refractivity contribution in [1.82, 2.24) is 0 Å². The lowest BCUT2D eigenvalue weighted by atomic mass is 10.1. The van der Waals surface area contributed by atoms with Gasteiger partial charge in [-0.05, 0) is 38.0 Å². The van der Waals surface area contributed by atoms with Crippen molar-refractivity contribution in [2.24, 2.45) is 0 Å². The van der Waals surface area contributed by atoms with E-state index in [1.54, 1.807) is 0 Å². The molecule has 1 nitrogen and oxygen atoms in total. The molecule has 0 amide bonds. The molecular weight excluding hydrogens is 218 g/mol. The Balaban J connectivity index is 2.97. The highest BCUT2D eigenvalue weighted by Gasteiger charge is 2.12. The minimum atomic E-state index is 0.374. The van der Waals surface area contributed by atoms with Gasteiger partial charge in [0.15, 0.2) is 0 Å². The van der Waals surface area contributed by atoms with Crippen LogP contribution in [-0.2, 0) is 6.42 Å². The zero-order chi connectivity index (χ0) is 12.1. The first-order valence-corrected chi connectivity index (χ1v) is 6.25. The fraction of sp³-hybridized carbons (Fsp3) is 0.429. The third-order valence-corrected chi connectivity index (χ3v) is 2.94. The molecule has 0 saturated carbocycles. The van der Waals surface area contributed by atoms with Gasteiger partial charge in [0.2, 0.25) is 0 Å². The summed E-state index contributed by atoms with van der Waals surface area (Å²) in [7, 11) is 0. The summed E-state index contributed by atoms with van der Waals surface area (Å²) in [4.78, 5) is 2.17. The number of allylic oxidation sites excluding steroid dienone is 1. The zero-order valence-corrected chi connectivity index (χ0v) is 11.1. The van der Waals surface area contributed by atoms with Crippen molar-refractivity contribution in [2.45, 2.75) is 33.2 Å². The maximum atomic E-state index is 5.86. The quantitative estimate of drug-likeness (QED) is 0.694. The largest absolute Gasteiger partial charge is 0.342 e. The van der Waals surface area contributed by atoms with E-state index in [1.807, 2.05) is 0 Å². The fourth-order valence-corrected chi connectivity index (χ4v) is 1.93. The molecule has 88 valence electrons. The second-order valence-electron chi connectivity index (χ2n) is 4.18. The van der Waals surface area contributed by atoms with Crippen molar-refractivity contribution in [1.29, 1.82) is 0 Å². The molecule has 0 aliphatic rings. The van der Waals surface area contributed by atoms with Crippen LogP contribution < -0.4 is 4.90 Å². The molecule has 0 aliphatic heterocycles. The van der Waals surface area contributed by atoms with Crippen LogP contribution in [0.4, 0.5) is 5.69 Å². The standard InChI is InChI=1S/C14H20ClN/c1-5-13-6-8-14(9-7-13)16(11(2)3)12(4)10-15/h6-9,11H,4-5,10H2,1-3H3. The first-order valence-electron chi connectivity index (χ1n) is 5.72. The van der Waals surface area contributed by atoms with Crippen LogP contribution in [0, 0.1) is 0 Å². The number of rotatable bonds is 5. The average Bonchev–Trinajstić information content (AvgIpc) is 2.29. The van der Waals surface area contributed by atoms with Crippen molar-refractivity contribution in [3.05, 3.63) is 42.1 Å². The summed E-state index contributed by atoms with van der Waals surface area (Å²) in [6.45, 7) is 10.5. The molecule has 0 spiro atoms. The highest BCUT2D eigenvalue weighted by molar-refractivity contribution is 6.19. The van der Waals surface area contributed by atoms with Crippen LogP contribution >= 0.6 is 11.6 Å². The number of hydrogen-bond donors (Lipinski definition) is 0. The lowest BCUT2D eigenvalue weighted by Gasteiger charge is -2.30. The smallest absolute Gasteiger partial charge is 0.0621 e. The molecule has 0 fully saturated rings. The summed E-state index contributed by atoms with van der Waals surface area (Å²) in [6.07, 6.45) is 1.07. The SMILES string of the molecule is C=C(CCl)N(c1ccc(CC)cc1)C(C)C. The van der Waals surface area contributed by atoms with Crippen LogP contribution in [0.2, 0.25) is 0 Å². The minimum Gasteiger partial charge on any atom is -0.342 e. The second-order valence-corrected chi connectivity index (χ2v) is 4.45. The maximum absolute atomic E-state index is 5.86. The van der Waals surface area contributed by atoms with Crippen molar-refractivity contribution < 1.29 is 0 Å². The Labute approximate surface area is 104 Å². The van der Waals surface area contributed by atoms with Gasteiger partial charge in [0.1, 0.15) is 0 Å². The molecule has 1 rings (SSSR count). The zero-order valence-electron chi connectivity index (χ0n) is 10.3. The van der Waals surface area contributed by atoms with Crippen molar-refractivity contribution in [3.8, 4) is 0 Å². The number of halogens is 1. The van der Waals surface area contributed by atoms with Crippen LogP contribution in [0.25, 0.3) is 0 Å². The lowest BCUT2D eigenvalue weighted by Crippen LogP contribution is -2.30. The third kappa shape index (κ3) is 3.02. The van der Waals surface area contributed by atoms with Crippen molar-refractivity contribution >= 4 is 17.3 Å². The van der Waals surface area contributed by atoms with Gasteiger partial charge in [-0.3, -0.25) is 0 Å². The highest BCUT2D eigenvalue weighted by Crippen LogP contribution is 2.22. The molecule has 0 heterocycles. The van der Waals surface area contributed by atoms with Gasteiger partial charge in [0, 0.05) is 17.4 Å². The summed E-state index contributed by atoms with van der Waals surface area (Å²) in [5.41, 5.74) is 3.46. The van der Waals surface area contributed by atoms with E-state index in [-0.39, 0.29) is 0 Å². The number of anilines is 1. The molecule has 1 aromatic carbocycles. The maximum Gasteiger partial charge on any atom is 0.0621 e. The second kappa shape index (κ2) is 5.95. The lowest BCUT2D eigenvalue weighted by molar-refractivity contribution is 0.756. The van der Waals surface area contributed by atoms with Gasteiger partial charge < -0.3 is 4.90 Å². The van der Waals surface area contributed by atoms with Gasteiger partial charge in [-0.2, -0.15) is 0 Å². The molecule has 0 bridgehead atoms. The summed E-state index contributed by atoms with van der Waals surface area (Å²) in [5.74, 6) is 0.466. The molecule has 0 unspecified atom stereocenters. The van der Waals surface area contributed by atoms with Gasteiger partial charge in [0.25, 0.3) is 0 Å². The Kier molecular flexibility index (Phi) is 4.88. The van der Waals surface area contributed by atoms with Crippen LogP contribution in [0.3, 0.4) is 0 Å². The molecule has 1 aromatic rings. The summed E-state index contributed by atoms with van der Waals surface area (Å²) < 4.78 is 0. The Morgan fingerprint density at radius 3 is 2.25 bits per heavy atom. The van der Waals surface area contributed by atoms with Crippen LogP contribution in [0.1, 0.15) is 26.3 Å². The van der Waals surface area contributed by atoms with Crippen LogP contribution in [-0.4, -0.2) is 11.9 Å². The fourth-order valence-electron chi connectivity index (χ4n) is 1.80. The Morgan fingerprint density at radius 2 is 1.88 bits per heavy atom. The number of hydrogen-bond acceptors (Lipinski definition) is 1. The van der Waals surface area contributed by atoms with Gasteiger partial charge in [0.05, 0.1) is 5.88 Å². The van der Waals surface area contributed by atoms with Gasteiger partial charge in [-0.25, -0.2) is 0 Å². The monoisotopic (exact) mass is 237 g/mol. The first-order chi connectivity index (χ1) is 7.60. The number of nitrogens with zero attached hydrogens (tertiary/aromatic N) is 1. The van der Waals surface area contributed by atoms with Crippen molar-refractivity contribution in [2.75, 3.05) is 10.8 Å².